The SMILES string of the molecule is CCN1CCC[C@@H](C(=O)NCCc2cn[nH]n2)C1. The van der Waals surface area contributed by atoms with E-state index < -0.39 is 0 Å². The van der Waals surface area contributed by atoms with Crippen molar-refractivity contribution in [1.29, 1.82) is 0 Å². The average molecular weight is 251 g/mol. The predicted octanol–water partition coefficient (Wildman–Crippen LogP) is 0.195. The Bertz CT molecular complexity index is 365. The topological polar surface area (TPSA) is 73.9 Å². The highest BCUT2D eigenvalue weighted by Crippen LogP contribution is 2.16. The molecule has 1 aliphatic heterocycles. The quantitative estimate of drug-likeness (QED) is 0.784. The van der Waals surface area contributed by atoms with E-state index in [1.165, 1.54) is 0 Å². The smallest absolute Gasteiger partial charge is 0.224 e. The van der Waals surface area contributed by atoms with Gasteiger partial charge in [0.1, 0.15) is 0 Å². The summed E-state index contributed by atoms with van der Waals surface area (Å²) in [4.78, 5) is 14.3. The van der Waals surface area contributed by atoms with E-state index in [9.17, 15) is 4.79 Å². The molecule has 18 heavy (non-hydrogen) atoms. The molecule has 1 saturated heterocycles. The van der Waals surface area contributed by atoms with Crippen LogP contribution in [0.15, 0.2) is 6.20 Å². The van der Waals surface area contributed by atoms with Crippen LogP contribution in [0.25, 0.3) is 0 Å². The van der Waals surface area contributed by atoms with Gasteiger partial charge in [0.15, 0.2) is 0 Å². The summed E-state index contributed by atoms with van der Waals surface area (Å²) < 4.78 is 0. The molecule has 1 atom stereocenters. The van der Waals surface area contributed by atoms with Crippen molar-refractivity contribution in [1.82, 2.24) is 25.6 Å². The third-order valence-corrected chi connectivity index (χ3v) is 3.47. The van der Waals surface area contributed by atoms with Gasteiger partial charge in [0.25, 0.3) is 0 Å². The van der Waals surface area contributed by atoms with Crippen molar-refractivity contribution in [3.05, 3.63) is 11.9 Å². The number of aromatic nitrogens is 3. The summed E-state index contributed by atoms with van der Waals surface area (Å²) >= 11 is 0. The normalized spacial score (nSPS) is 20.8. The Balaban J connectivity index is 1.70. The highest BCUT2D eigenvalue weighted by atomic mass is 16.1. The minimum Gasteiger partial charge on any atom is -0.355 e. The molecule has 0 unspecified atom stereocenters. The van der Waals surface area contributed by atoms with Crippen LogP contribution in [-0.2, 0) is 11.2 Å². The first-order valence-electron chi connectivity index (χ1n) is 6.64. The van der Waals surface area contributed by atoms with Crippen LogP contribution in [0.4, 0.5) is 0 Å². The highest BCUT2D eigenvalue weighted by Gasteiger charge is 2.24. The fourth-order valence-electron chi connectivity index (χ4n) is 2.36. The van der Waals surface area contributed by atoms with E-state index in [4.69, 9.17) is 0 Å². The van der Waals surface area contributed by atoms with Gasteiger partial charge < -0.3 is 10.2 Å². The van der Waals surface area contributed by atoms with Gasteiger partial charge in [0.2, 0.25) is 5.91 Å². The molecule has 1 fully saturated rings. The van der Waals surface area contributed by atoms with Gasteiger partial charge in [0.05, 0.1) is 17.8 Å². The molecule has 1 aliphatic rings. The minimum atomic E-state index is 0.149. The van der Waals surface area contributed by atoms with Gasteiger partial charge in [-0.3, -0.25) is 4.79 Å². The molecule has 0 aliphatic carbocycles. The molecule has 1 amide bonds. The predicted molar refractivity (Wildman–Crippen MR) is 67.9 cm³/mol. The molecule has 1 aromatic heterocycles. The lowest BCUT2D eigenvalue weighted by Gasteiger charge is -2.30. The summed E-state index contributed by atoms with van der Waals surface area (Å²) in [6.45, 7) is 5.83. The number of piperidine rings is 1. The maximum Gasteiger partial charge on any atom is 0.224 e. The Hall–Kier alpha value is -1.43. The molecule has 0 aromatic carbocycles. The standard InChI is InChI=1S/C12H21N5O/c1-2-17-7-3-4-10(9-17)12(18)13-6-5-11-8-14-16-15-11/h8,10H,2-7,9H2,1H3,(H,13,18)(H,14,15,16)/t10-/m1/s1. The van der Waals surface area contributed by atoms with Crippen molar-refractivity contribution in [2.45, 2.75) is 26.2 Å². The fourth-order valence-corrected chi connectivity index (χ4v) is 2.36. The first-order valence-corrected chi connectivity index (χ1v) is 6.64. The Morgan fingerprint density at radius 2 is 2.56 bits per heavy atom. The highest BCUT2D eigenvalue weighted by molar-refractivity contribution is 5.78. The molecule has 6 nitrogen and oxygen atoms in total. The summed E-state index contributed by atoms with van der Waals surface area (Å²) in [6.07, 6.45) is 4.54. The van der Waals surface area contributed by atoms with Gasteiger partial charge in [-0.1, -0.05) is 6.92 Å². The Morgan fingerprint density at radius 3 is 3.28 bits per heavy atom. The monoisotopic (exact) mass is 251 g/mol. The number of nitrogens with zero attached hydrogens (tertiary/aromatic N) is 3. The Kier molecular flexibility index (Phi) is 4.69. The third-order valence-electron chi connectivity index (χ3n) is 3.47. The first kappa shape index (κ1) is 13.0. The number of likely N-dealkylation sites (tertiary alicyclic amines) is 1. The van der Waals surface area contributed by atoms with E-state index in [2.05, 4.69) is 32.6 Å². The van der Waals surface area contributed by atoms with Crippen LogP contribution < -0.4 is 5.32 Å². The van der Waals surface area contributed by atoms with Gasteiger partial charge in [0, 0.05) is 19.5 Å². The van der Waals surface area contributed by atoms with Crippen molar-refractivity contribution in [2.75, 3.05) is 26.2 Å². The number of aromatic amines is 1. The number of hydrogen-bond donors (Lipinski definition) is 2. The molecule has 0 spiro atoms. The number of amides is 1. The van der Waals surface area contributed by atoms with Gasteiger partial charge in [-0.2, -0.15) is 15.4 Å². The lowest BCUT2D eigenvalue weighted by Crippen LogP contribution is -2.43. The molecule has 100 valence electrons. The maximum absolute atomic E-state index is 12.0. The van der Waals surface area contributed by atoms with E-state index in [1.54, 1.807) is 6.20 Å². The maximum atomic E-state index is 12.0. The van der Waals surface area contributed by atoms with Gasteiger partial charge in [-0.05, 0) is 25.9 Å². The van der Waals surface area contributed by atoms with Crippen LogP contribution in [0.2, 0.25) is 0 Å². The van der Waals surface area contributed by atoms with Crippen molar-refractivity contribution in [2.24, 2.45) is 5.92 Å². The summed E-state index contributed by atoms with van der Waals surface area (Å²) in [6, 6.07) is 0. The van der Waals surface area contributed by atoms with E-state index in [0.717, 1.165) is 44.6 Å². The lowest BCUT2D eigenvalue weighted by atomic mass is 9.97. The molecular formula is C12H21N5O. The van der Waals surface area contributed by atoms with E-state index in [-0.39, 0.29) is 11.8 Å². The Morgan fingerprint density at radius 1 is 1.67 bits per heavy atom. The van der Waals surface area contributed by atoms with Gasteiger partial charge in [-0.15, -0.1) is 0 Å². The molecule has 2 heterocycles. The molecule has 0 bridgehead atoms. The number of carbonyl (C=O) groups is 1. The average Bonchev–Trinajstić information content (AvgIpc) is 2.92. The van der Waals surface area contributed by atoms with Crippen LogP contribution in [0.3, 0.4) is 0 Å². The number of H-pyrrole nitrogens is 1. The molecule has 0 saturated carbocycles. The Labute approximate surface area is 107 Å². The molecule has 6 heteroatoms. The molecule has 1 aromatic rings. The summed E-state index contributed by atoms with van der Waals surface area (Å²) in [5, 5.41) is 13.2. The zero-order chi connectivity index (χ0) is 12.8. The van der Waals surface area contributed by atoms with E-state index in [0.29, 0.717) is 6.54 Å². The second-order valence-corrected chi connectivity index (χ2v) is 4.73. The van der Waals surface area contributed by atoms with E-state index in [1.807, 2.05) is 0 Å². The van der Waals surface area contributed by atoms with Crippen molar-refractivity contribution in [3.8, 4) is 0 Å². The largest absolute Gasteiger partial charge is 0.355 e. The summed E-state index contributed by atoms with van der Waals surface area (Å²) in [5.41, 5.74) is 0.883. The third kappa shape index (κ3) is 3.53. The van der Waals surface area contributed by atoms with Crippen LogP contribution >= 0.6 is 0 Å². The second kappa shape index (κ2) is 6.49. The van der Waals surface area contributed by atoms with Crippen molar-refractivity contribution >= 4 is 5.91 Å². The second-order valence-electron chi connectivity index (χ2n) is 4.73. The van der Waals surface area contributed by atoms with E-state index >= 15 is 0 Å². The number of carbonyl (C=O) groups excluding carboxylic acids is 1. The minimum absolute atomic E-state index is 0.149. The number of nitrogens with one attached hydrogen (secondary N) is 2. The van der Waals surface area contributed by atoms with Crippen LogP contribution in [0.5, 0.6) is 0 Å². The fraction of sp³-hybridized carbons (Fsp3) is 0.750. The van der Waals surface area contributed by atoms with Crippen LogP contribution in [-0.4, -0.2) is 52.4 Å². The van der Waals surface area contributed by atoms with Gasteiger partial charge >= 0.3 is 0 Å². The summed E-state index contributed by atoms with van der Waals surface area (Å²) in [5.74, 6) is 0.327. The van der Waals surface area contributed by atoms with Crippen LogP contribution in [0, 0.1) is 5.92 Å². The molecule has 2 rings (SSSR count). The summed E-state index contributed by atoms with van der Waals surface area (Å²) in [7, 11) is 0. The molecule has 0 radical (unpaired) electrons. The zero-order valence-corrected chi connectivity index (χ0v) is 10.9. The number of rotatable bonds is 5. The van der Waals surface area contributed by atoms with Crippen molar-refractivity contribution < 1.29 is 4.79 Å². The molecule has 2 N–H and O–H groups in total. The molecular weight excluding hydrogens is 230 g/mol. The van der Waals surface area contributed by atoms with Crippen LogP contribution in [0.1, 0.15) is 25.5 Å². The zero-order valence-electron chi connectivity index (χ0n) is 10.9. The van der Waals surface area contributed by atoms with Gasteiger partial charge in [-0.25, -0.2) is 0 Å². The number of hydrogen-bond acceptors (Lipinski definition) is 4. The first-order chi connectivity index (χ1) is 8.79. The van der Waals surface area contributed by atoms with Crippen molar-refractivity contribution in [3.63, 3.8) is 0 Å². The lowest BCUT2D eigenvalue weighted by molar-refractivity contribution is -0.126.